The van der Waals surface area contributed by atoms with Crippen LogP contribution in [0.1, 0.15) is 77.6 Å². The number of piperidine rings is 3. The van der Waals surface area contributed by atoms with Crippen LogP contribution in [0.2, 0.25) is 0 Å². The fourth-order valence-corrected chi connectivity index (χ4v) is 6.15. The molecule has 4 rings (SSSR count). The summed E-state index contributed by atoms with van der Waals surface area (Å²) in [4.78, 5) is 30.1. The third-order valence-corrected chi connectivity index (χ3v) is 7.64. The number of nitrogens with zero attached hydrogens (tertiary/aromatic N) is 2. The molecule has 4 fully saturated rings. The van der Waals surface area contributed by atoms with Crippen LogP contribution in [0.4, 0.5) is 0 Å². The smallest absolute Gasteiger partial charge is 0.222 e. The van der Waals surface area contributed by atoms with Crippen molar-refractivity contribution < 1.29 is 9.59 Å². The maximum absolute atomic E-state index is 13.0. The number of hydrogen-bond acceptors (Lipinski definition) is 3. The van der Waals surface area contributed by atoms with Crippen molar-refractivity contribution in [2.24, 2.45) is 17.8 Å². The van der Waals surface area contributed by atoms with E-state index in [0.29, 0.717) is 42.7 Å². The van der Waals surface area contributed by atoms with Crippen molar-refractivity contribution in [2.45, 2.75) is 89.6 Å². The Labute approximate surface area is 170 Å². The second-order valence-electron chi connectivity index (χ2n) is 9.74. The molecule has 0 unspecified atom stereocenters. The molecule has 0 spiro atoms. The standard InChI is InChI=1S/C23H39N3O2/c1-2-6-22(28)26-16-18-7-4-13-25-14-5-8-19(23(18)25)20(26)9-3-10-21(27)24-15-17-11-12-17/h17-20,23H,2-16H2,1H3,(H,24,27)/t18-,19+,20+,23-/m0/s1. The topological polar surface area (TPSA) is 52.7 Å². The average Bonchev–Trinajstić information content (AvgIpc) is 3.53. The lowest BCUT2D eigenvalue weighted by Gasteiger charge is -2.57. The molecular formula is C23H39N3O2. The van der Waals surface area contributed by atoms with Crippen LogP contribution < -0.4 is 5.32 Å². The lowest BCUT2D eigenvalue weighted by Crippen LogP contribution is -2.65. The van der Waals surface area contributed by atoms with E-state index < -0.39 is 0 Å². The Morgan fingerprint density at radius 3 is 2.57 bits per heavy atom. The van der Waals surface area contributed by atoms with Crippen LogP contribution in [-0.4, -0.2) is 59.9 Å². The van der Waals surface area contributed by atoms with Crippen LogP contribution in [0.25, 0.3) is 0 Å². The zero-order valence-electron chi connectivity index (χ0n) is 17.7. The van der Waals surface area contributed by atoms with Gasteiger partial charge in [0.2, 0.25) is 11.8 Å². The molecule has 1 N–H and O–H groups in total. The van der Waals surface area contributed by atoms with Gasteiger partial charge in [-0.25, -0.2) is 0 Å². The van der Waals surface area contributed by atoms with Crippen molar-refractivity contribution in [1.82, 2.24) is 15.1 Å². The Balaban J connectivity index is 1.39. The molecule has 28 heavy (non-hydrogen) atoms. The average molecular weight is 390 g/mol. The van der Waals surface area contributed by atoms with Gasteiger partial charge < -0.3 is 10.2 Å². The van der Waals surface area contributed by atoms with E-state index in [9.17, 15) is 9.59 Å². The van der Waals surface area contributed by atoms with Crippen molar-refractivity contribution in [2.75, 3.05) is 26.2 Å². The maximum Gasteiger partial charge on any atom is 0.222 e. The zero-order valence-corrected chi connectivity index (χ0v) is 17.7. The summed E-state index contributed by atoms with van der Waals surface area (Å²) < 4.78 is 0. The van der Waals surface area contributed by atoms with Crippen molar-refractivity contribution in [3.63, 3.8) is 0 Å². The predicted octanol–water partition coefficient (Wildman–Crippen LogP) is 3.18. The van der Waals surface area contributed by atoms with E-state index in [-0.39, 0.29) is 5.91 Å². The van der Waals surface area contributed by atoms with Gasteiger partial charge in [-0.05, 0) is 88.6 Å². The number of hydrogen-bond donors (Lipinski definition) is 1. The first kappa shape index (κ1) is 20.2. The molecule has 5 heteroatoms. The normalized spacial score (nSPS) is 32.7. The van der Waals surface area contributed by atoms with E-state index in [4.69, 9.17) is 0 Å². The quantitative estimate of drug-likeness (QED) is 0.694. The van der Waals surface area contributed by atoms with Crippen LogP contribution in [0, 0.1) is 17.8 Å². The molecule has 5 nitrogen and oxygen atoms in total. The van der Waals surface area contributed by atoms with Crippen LogP contribution in [0.5, 0.6) is 0 Å². The Morgan fingerprint density at radius 1 is 1.04 bits per heavy atom. The fraction of sp³-hybridized carbons (Fsp3) is 0.913. The molecule has 1 aliphatic carbocycles. The SMILES string of the molecule is CCCC(=O)N1C[C@@H]2CCCN3CCC[C@@H]([C@H]23)[C@H]1CCCC(=O)NCC1CC1. The van der Waals surface area contributed by atoms with Crippen molar-refractivity contribution in [1.29, 1.82) is 0 Å². The van der Waals surface area contributed by atoms with E-state index in [1.807, 2.05) is 0 Å². The molecule has 0 aromatic heterocycles. The summed E-state index contributed by atoms with van der Waals surface area (Å²) in [6.07, 6.45) is 11.8. The monoisotopic (exact) mass is 389 g/mol. The summed E-state index contributed by atoms with van der Waals surface area (Å²) in [7, 11) is 0. The molecule has 0 bridgehead atoms. The first-order chi connectivity index (χ1) is 13.7. The predicted molar refractivity (Wildman–Crippen MR) is 111 cm³/mol. The van der Waals surface area contributed by atoms with Gasteiger partial charge in [-0.1, -0.05) is 6.92 Å². The van der Waals surface area contributed by atoms with Gasteiger partial charge in [0, 0.05) is 38.0 Å². The molecule has 1 saturated carbocycles. The maximum atomic E-state index is 13.0. The first-order valence-corrected chi connectivity index (χ1v) is 12.0. The van der Waals surface area contributed by atoms with E-state index in [0.717, 1.165) is 38.3 Å². The largest absolute Gasteiger partial charge is 0.356 e. The summed E-state index contributed by atoms with van der Waals surface area (Å²) in [5.41, 5.74) is 0. The highest BCUT2D eigenvalue weighted by atomic mass is 16.2. The van der Waals surface area contributed by atoms with Gasteiger partial charge in [0.25, 0.3) is 0 Å². The number of likely N-dealkylation sites (tertiary alicyclic amines) is 1. The molecule has 2 amide bonds. The number of carbonyl (C=O) groups is 2. The highest BCUT2D eigenvalue weighted by molar-refractivity contribution is 5.77. The molecule has 3 aliphatic heterocycles. The zero-order chi connectivity index (χ0) is 19.5. The molecule has 0 aromatic rings. The number of nitrogens with one attached hydrogen (secondary N) is 1. The van der Waals surface area contributed by atoms with Gasteiger partial charge >= 0.3 is 0 Å². The summed E-state index contributed by atoms with van der Waals surface area (Å²) in [6, 6.07) is 1.03. The summed E-state index contributed by atoms with van der Waals surface area (Å²) in [6.45, 7) is 6.42. The fourth-order valence-electron chi connectivity index (χ4n) is 6.15. The first-order valence-electron chi connectivity index (χ1n) is 12.0. The van der Waals surface area contributed by atoms with Crippen molar-refractivity contribution in [3.05, 3.63) is 0 Å². The van der Waals surface area contributed by atoms with Gasteiger partial charge in [-0.2, -0.15) is 0 Å². The van der Waals surface area contributed by atoms with E-state index in [1.54, 1.807) is 0 Å². The Bertz CT molecular complexity index is 560. The molecule has 0 radical (unpaired) electrons. The van der Waals surface area contributed by atoms with E-state index in [2.05, 4.69) is 22.0 Å². The molecular weight excluding hydrogens is 350 g/mol. The Morgan fingerprint density at radius 2 is 1.82 bits per heavy atom. The summed E-state index contributed by atoms with van der Waals surface area (Å²) in [5.74, 6) is 2.57. The van der Waals surface area contributed by atoms with Crippen molar-refractivity contribution in [3.8, 4) is 0 Å². The van der Waals surface area contributed by atoms with Gasteiger partial charge in [-0.15, -0.1) is 0 Å². The van der Waals surface area contributed by atoms with Gasteiger partial charge in [-0.3, -0.25) is 14.5 Å². The molecule has 3 saturated heterocycles. The third-order valence-electron chi connectivity index (χ3n) is 7.64. The number of amides is 2. The highest BCUT2D eigenvalue weighted by Gasteiger charge is 2.49. The molecule has 0 aromatic carbocycles. The van der Waals surface area contributed by atoms with Gasteiger partial charge in [0.05, 0.1) is 0 Å². The third kappa shape index (κ3) is 4.55. The minimum atomic E-state index is 0.204. The van der Waals surface area contributed by atoms with Crippen LogP contribution >= 0.6 is 0 Å². The Kier molecular flexibility index (Phi) is 6.59. The molecule has 3 heterocycles. The van der Waals surface area contributed by atoms with Crippen LogP contribution in [0.15, 0.2) is 0 Å². The van der Waals surface area contributed by atoms with Crippen molar-refractivity contribution >= 4 is 11.8 Å². The minimum Gasteiger partial charge on any atom is -0.356 e. The van der Waals surface area contributed by atoms with Crippen LogP contribution in [0.3, 0.4) is 0 Å². The van der Waals surface area contributed by atoms with E-state index >= 15 is 0 Å². The second kappa shape index (κ2) is 9.15. The lowest BCUT2D eigenvalue weighted by molar-refractivity contribution is -0.146. The summed E-state index contributed by atoms with van der Waals surface area (Å²) >= 11 is 0. The van der Waals surface area contributed by atoms with Crippen LogP contribution in [-0.2, 0) is 9.59 Å². The molecule has 158 valence electrons. The van der Waals surface area contributed by atoms with Gasteiger partial charge in [0.15, 0.2) is 0 Å². The molecule has 4 aliphatic rings. The summed E-state index contributed by atoms with van der Waals surface area (Å²) in [5, 5.41) is 3.10. The highest BCUT2D eigenvalue weighted by Crippen LogP contribution is 2.43. The van der Waals surface area contributed by atoms with Gasteiger partial charge in [0.1, 0.15) is 0 Å². The second-order valence-corrected chi connectivity index (χ2v) is 9.74. The minimum absolute atomic E-state index is 0.204. The number of carbonyl (C=O) groups excluding carboxylic acids is 2. The molecule has 4 atom stereocenters. The van der Waals surface area contributed by atoms with E-state index in [1.165, 1.54) is 51.6 Å². The lowest BCUT2D eigenvalue weighted by atomic mass is 9.69. The Hall–Kier alpha value is -1.10. The number of rotatable bonds is 8.